The molecule has 0 radical (unpaired) electrons. The Hall–Kier alpha value is -2.30. The van der Waals surface area contributed by atoms with Gasteiger partial charge in [-0.15, -0.1) is 0 Å². The first-order valence-corrected chi connectivity index (χ1v) is 4.86. The molecule has 3 nitrogen and oxygen atoms in total. The summed E-state index contributed by atoms with van der Waals surface area (Å²) in [5, 5.41) is 10.0. The number of hydrogen-bond donors (Lipinski definition) is 2. The van der Waals surface area contributed by atoms with Gasteiger partial charge < -0.3 is 10.7 Å². The lowest BCUT2D eigenvalue weighted by Crippen LogP contribution is -1.97. The molecule has 86 valence electrons. The zero-order valence-electron chi connectivity index (χ0n) is 8.74. The van der Waals surface area contributed by atoms with Crippen molar-refractivity contribution in [2.75, 3.05) is 5.32 Å². The quantitative estimate of drug-likeness (QED) is 0.800. The highest BCUT2D eigenvalue weighted by molar-refractivity contribution is 5.87. The van der Waals surface area contributed by atoms with Crippen molar-refractivity contribution in [1.29, 1.82) is 5.41 Å². The van der Waals surface area contributed by atoms with Gasteiger partial charge in [0.15, 0.2) is 0 Å². The summed E-state index contributed by atoms with van der Waals surface area (Å²) in [6.45, 7) is 0. The van der Waals surface area contributed by atoms with Crippen molar-refractivity contribution in [2.45, 2.75) is 0 Å². The molecule has 0 bridgehead atoms. The van der Waals surface area contributed by atoms with E-state index in [0.29, 0.717) is 16.9 Å². The largest absolute Gasteiger partial charge is 0.354 e. The van der Waals surface area contributed by atoms with E-state index in [1.165, 1.54) is 30.5 Å². The molecule has 0 spiro atoms. The minimum absolute atomic E-state index is 0.384. The summed E-state index contributed by atoms with van der Waals surface area (Å²) < 4.78 is 25.8. The van der Waals surface area contributed by atoms with Crippen molar-refractivity contribution in [3.63, 3.8) is 0 Å². The fraction of sp³-hybridized carbons (Fsp3) is 0. The average Bonchev–Trinajstić information content (AvgIpc) is 2.31. The summed E-state index contributed by atoms with van der Waals surface area (Å²) in [6, 6.07) is 5.24. The number of anilines is 2. The van der Waals surface area contributed by atoms with Crippen LogP contribution in [0.3, 0.4) is 0 Å². The highest BCUT2D eigenvalue weighted by Crippen LogP contribution is 2.20. The minimum Gasteiger partial charge on any atom is -0.354 e. The maximum atomic E-state index is 12.9. The second-order valence-corrected chi connectivity index (χ2v) is 3.39. The molecule has 0 fully saturated rings. The van der Waals surface area contributed by atoms with Crippen LogP contribution in [0.15, 0.2) is 36.7 Å². The van der Waals surface area contributed by atoms with Gasteiger partial charge in [0.2, 0.25) is 0 Å². The van der Waals surface area contributed by atoms with Crippen LogP contribution in [0.2, 0.25) is 0 Å². The van der Waals surface area contributed by atoms with Crippen LogP contribution in [0, 0.1) is 17.0 Å². The molecule has 0 amide bonds. The molecule has 1 heterocycles. The third-order valence-electron chi connectivity index (χ3n) is 2.15. The molecule has 17 heavy (non-hydrogen) atoms. The van der Waals surface area contributed by atoms with Crippen LogP contribution in [-0.4, -0.2) is 11.2 Å². The Balaban J connectivity index is 2.32. The summed E-state index contributed by atoms with van der Waals surface area (Å²) in [6.07, 6.45) is 3.56. The fourth-order valence-electron chi connectivity index (χ4n) is 1.40. The van der Waals surface area contributed by atoms with E-state index in [1.807, 2.05) is 0 Å². The van der Waals surface area contributed by atoms with Crippen molar-refractivity contribution in [3.8, 4) is 0 Å². The number of hydrogen-bond acceptors (Lipinski definition) is 3. The Morgan fingerprint density at radius 1 is 1.12 bits per heavy atom. The highest BCUT2D eigenvalue weighted by atomic mass is 19.1. The zero-order valence-corrected chi connectivity index (χ0v) is 8.74. The number of nitrogens with zero attached hydrogens (tertiary/aromatic N) is 1. The second kappa shape index (κ2) is 4.69. The molecule has 2 aromatic rings. The standard InChI is InChI=1S/C12H9F2N3/c13-9-1-2-12(8(3-9)5-15)17-11-4-10(14)6-16-7-11/h1-7,15,17H. The number of benzene rings is 1. The van der Waals surface area contributed by atoms with Crippen molar-refractivity contribution < 1.29 is 8.78 Å². The third kappa shape index (κ3) is 2.63. The van der Waals surface area contributed by atoms with Gasteiger partial charge in [0.1, 0.15) is 11.6 Å². The van der Waals surface area contributed by atoms with Gasteiger partial charge in [-0.1, -0.05) is 0 Å². The van der Waals surface area contributed by atoms with Crippen molar-refractivity contribution in [1.82, 2.24) is 4.98 Å². The molecule has 0 aliphatic rings. The molecule has 1 aromatic heterocycles. The Morgan fingerprint density at radius 3 is 2.65 bits per heavy atom. The predicted molar refractivity (Wildman–Crippen MR) is 61.8 cm³/mol. The Labute approximate surface area is 96.6 Å². The summed E-state index contributed by atoms with van der Waals surface area (Å²) in [7, 11) is 0. The first-order valence-electron chi connectivity index (χ1n) is 4.86. The number of halogens is 2. The molecule has 1 aromatic carbocycles. The fourth-order valence-corrected chi connectivity index (χ4v) is 1.40. The summed E-state index contributed by atoms with van der Waals surface area (Å²) in [5.74, 6) is -0.889. The van der Waals surface area contributed by atoms with Crippen molar-refractivity contribution >= 4 is 17.6 Å². The van der Waals surface area contributed by atoms with Crippen LogP contribution >= 0.6 is 0 Å². The van der Waals surface area contributed by atoms with E-state index in [-0.39, 0.29) is 0 Å². The van der Waals surface area contributed by atoms with Crippen molar-refractivity contribution in [2.24, 2.45) is 0 Å². The summed E-state index contributed by atoms with van der Waals surface area (Å²) in [4.78, 5) is 3.68. The number of aromatic nitrogens is 1. The van der Waals surface area contributed by atoms with Crippen LogP contribution in [0.4, 0.5) is 20.2 Å². The Morgan fingerprint density at radius 2 is 1.94 bits per heavy atom. The first-order chi connectivity index (χ1) is 8.19. The number of pyridine rings is 1. The van der Waals surface area contributed by atoms with E-state index >= 15 is 0 Å². The van der Waals surface area contributed by atoms with E-state index in [2.05, 4.69) is 10.3 Å². The third-order valence-corrected chi connectivity index (χ3v) is 2.15. The van der Waals surface area contributed by atoms with E-state index in [1.54, 1.807) is 0 Å². The van der Waals surface area contributed by atoms with Crippen molar-refractivity contribution in [3.05, 3.63) is 53.9 Å². The van der Waals surface area contributed by atoms with Gasteiger partial charge in [0.05, 0.1) is 18.1 Å². The monoisotopic (exact) mass is 233 g/mol. The van der Waals surface area contributed by atoms with E-state index in [9.17, 15) is 8.78 Å². The van der Waals surface area contributed by atoms with Crippen LogP contribution in [0.1, 0.15) is 5.56 Å². The second-order valence-electron chi connectivity index (χ2n) is 3.39. The predicted octanol–water partition coefficient (Wildman–Crippen LogP) is 3.10. The molecule has 0 atom stereocenters. The topological polar surface area (TPSA) is 48.8 Å². The zero-order chi connectivity index (χ0) is 12.3. The van der Waals surface area contributed by atoms with Crippen LogP contribution < -0.4 is 5.32 Å². The lowest BCUT2D eigenvalue weighted by atomic mass is 10.2. The average molecular weight is 233 g/mol. The van der Waals surface area contributed by atoms with E-state index in [4.69, 9.17) is 5.41 Å². The molecule has 0 aliphatic heterocycles. The van der Waals surface area contributed by atoms with Gasteiger partial charge >= 0.3 is 0 Å². The van der Waals surface area contributed by atoms with Crippen LogP contribution in [-0.2, 0) is 0 Å². The van der Waals surface area contributed by atoms with Gasteiger partial charge in [-0.3, -0.25) is 4.98 Å². The van der Waals surface area contributed by atoms with Gasteiger partial charge in [0.25, 0.3) is 0 Å². The lowest BCUT2D eigenvalue weighted by molar-refractivity contribution is 0.622. The molecule has 5 heteroatoms. The molecule has 2 rings (SSSR count). The lowest BCUT2D eigenvalue weighted by Gasteiger charge is -2.08. The Bertz CT molecular complexity index is 555. The molecule has 0 saturated heterocycles. The summed E-state index contributed by atoms with van der Waals surface area (Å²) >= 11 is 0. The molecular formula is C12H9F2N3. The summed E-state index contributed by atoms with van der Waals surface area (Å²) in [5.41, 5.74) is 1.35. The smallest absolute Gasteiger partial charge is 0.143 e. The van der Waals surface area contributed by atoms with Gasteiger partial charge in [-0.25, -0.2) is 8.78 Å². The maximum Gasteiger partial charge on any atom is 0.143 e. The van der Waals surface area contributed by atoms with Crippen LogP contribution in [0.25, 0.3) is 0 Å². The maximum absolute atomic E-state index is 12.9. The normalized spacial score (nSPS) is 10.0. The number of nitrogens with one attached hydrogen (secondary N) is 2. The number of rotatable bonds is 3. The van der Waals surface area contributed by atoms with Gasteiger partial charge in [0, 0.05) is 23.5 Å². The molecule has 2 N–H and O–H groups in total. The highest BCUT2D eigenvalue weighted by Gasteiger charge is 2.03. The Kier molecular flexibility index (Phi) is 3.09. The molecule has 0 saturated carbocycles. The van der Waals surface area contributed by atoms with E-state index < -0.39 is 11.6 Å². The molecule has 0 aliphatic carbocycles. The molecule has 0 unspecified atom stereocenters. The van der Waals surface area contributed by atoms with E-state index in [0.717, 1.165) is 12.4 Å². The van der Waals surface area contributed by atoms with Gasteiger partial charge in [-0.05, 0) is 18.2 Å². The SMILES string of the molecule is N=Cc1cc(F)ccc1Nc1cncc(F)c1. The minimum atomic E-state index is -0.464. The molecular weight excluding hydrogens is 224 g/mol. The first kappa shape index (κ1) is 11.2. The van der Waals surface area contributed by atoms with Gasteiger partial charge in [-0.2, -0.15) is 0 Å². The van der Waals surface area contributed by atoms with Crippen LogP contribution in [0.5, 0.6) is 0 Å².